The molecule has 1 heterocycles. The molecule has 3 aromatic rings. The first-order valence-electron chi connectivity index (χ1n) is 8.38. The van der Waals surface area contributed by atoms with Crippen LogP contribution >= 0.6 is 11.6 Å². The third-order valence-electron chi connectivity index (χ3n) is 4.33. The van der Waals surface area contributed by atoms with Gasteiger partial charge in [0.15, 0.2) is 0 Å². The van der Waals surface area contributed by atoms with Crippen LogP contribution in [0.5, 0.6) is 0 Å². The van der Waals surface area contributed by atoms with Gasteiger partial charge in [0.1, 0.15) is 5.69 Å². The predicted molar refractivity (Wildman–Crippen MR) is 100 cm³/mol. The molecule has 0 saturated carbocycles. The number of benzene rings is 2. The van der Waals surface area contributed by atoms with Gasteiger partial charge in [0.25, 0.3) is 0 Å². The largest absolute Gasteiger partial charge is 0.460 e. The molecule has 0 fully saturated rings. The number of hydrogen-bond donors (Lipinski definition) is 1. The average Bonchev–Trinajstić information content (AvgIpc) is 3.13. The van der Waals surface area contributed by atoms with Crippen molar-refractivity contribution in [3.63, 3.8) is 0 Å². The van der Waals surface area contributed by atoms with Gasteiger partial charge in [-0.1, -0.05) is 23.7 Å². The smallest absolute Gasteiger partial charge is 0.233 e. The fourth-order valence-corrected chi connectivity index (χ4v) is 3.31. The maximum atomic E-state index is 14.3. The third-order valence-corrected chi connectivity index (χ3v) is 5.51. The van der Waals surface area contributed by atoms with E-state index in [0.29, 0.717) is 10.7 Å². The van der Waals surface area contributed by atoms with E-state index in [1.54, 1.807) is 0 Å². The summed E-state index contributed by atoms with van der Waals surface area (Å²) in [6, 6.07) is 9.76. The Balaban J connectivity index is 2.22. The highest BCUT2D eigenvalue weighted by molar-refractivity contribution is 7.89. The van der Waals surface area contributed by atoms with Crippen LogP contribution in [0.3, 0.4) is 0 Å². The second kappa shape index (κ2) is 7.74. The quantitative estimate of drug-likeness (QED) is 0.492. The van der Waals surface area contributed by atoms with Crippen LogP contribution in [0.2, 0.25) is 5.02 Å². The molecule has 172 valence electrons. The molecular formula is C18H11ClF7N3O2S. The van der Waals surface area contributed by atoms with Crippen molar-refractivity contribution in [2.45, 2.75) is 22.9 Å². The summed E-state index contributed by atoms with van der Waals surface area (Å²) < 4.78 is 117. The number of rotatable bonds is 5. The number of hydrogen-bond acceptors (Lipinski definition) is 3. The summed E-state index contributed by atoms with van der Waals surface area (Å²) >= 11 is 5.77. The number of nitrogens with two attached hydrogens (primary N) is 1. The van der Waals surface area contributed by atoms with Crippen LogP contribution in [0, 0.1) is 0 Å². The second-order valence-corrected chi connectivity index (χ2v) is 8.52. The number of alkyl halides is 7. The molecule has 0 bridgehead atoms. The zero-order valence-electron chi connectivity index (χ0n) is 15.4. The molecule has 0 aliphatic heterocycles. The average molecular weight is 502 g/mol. The van der Waals surface area contributed by atoms with Crippen LogP contribution in [-0.2, 0) is 15.9 Å². The molecule has 3 rings (SSSR count). The Morgan fingerprint density at radius 3 is 1.88 bits per heavy atom. The molecule has 0 aliphatic carbocycles. The molecule has 0 spiro atoms. The van der Waals surface area contributed by atoms with Gasteiger partial charge in [-0.3, -0.25) is 0 Å². The number of primary sulfonamides is 1. The topological polar surface area (TPSA) is 78.0 Å². The molecule has 0 aliphatic rings. The molecule has 32 heavy (non-hydrogen) atoms. The fraction of sp³-hybridized carbons (Fsp3) is 0.167. The molecule has 1 aromatic heterocycles. The van der Waals surface area contributed by atoms with Gasteiger partial charge in [0.05, 0.1) is 16.3 Å². The van der Waals surface area contributed by atoms with E-state index in [1.165, 1.54) is 24.3 Å². The van der Waals surface area contributed by atoms with Crippen molar-refractivity contribution >= 4 is 21.6 Å². The number of sulfonamides is 1. The molecule has 2 N–H and O–H groups in total. The van der Waals surface area contributed by atoms with Crippen molar-refractivity contribution < 1.29 is 39.2 Å². The summed E-state index contributed by atoms with van der Waals surface area (Å²) in [5.74, 6) is -12.1. The summed E-state index contributed by atoms with van der Waals surface area (Å²) in [4.78, 5) is -0.351. The maximum Gasteiger partial charge on any atom is 0.460 e. The Kier molecular flexibility index (Phi) is 5.81. The zero-order valence-corrected chi connectivity index (χ0v) is 17.0. The van der Waals surface area contributed by atoms with Gasteiger partial charge < -0.3 is 0 Å². The van der Waals surface area contributed by atoms with E-state index in [-0.39, 0.29) is 26.9 Å². The van der Waals surface area contributed by atoms with Crippen molar-refractivity contribution in [3.8, 4) is 16.9 Å². The lowest BCUT2D eigenvalue weighted by molar-refractivity contribution is -0.360. The Labute approximate surface area is 181 Å². The van der Waals surface area contributed by atoms with Gasteiger partial charge in [-0.2, -0.15) is 35.8 Å². The maximum absolute atomic E-state index is 14.3. The van der Waals surface area contributed by atoms with E-state index in [1.807, 2.05) is 0 Å². The van der Waals surface area contributed by atoms with E-state index < -0.39 is 33.7 Å². The normalized spacial score (nSPS) is 13.4. The summed E-state index contributed by atoms with van der Waals surface area (Å²) in [5, 5.41) is 8.52. The zero-order chi connectivity index (χ0) is 24.1. The minimum Gasteiger partial charge on any atom is -0.233 e. The van der Waals surface area contributed by atoms with Crippen LogP contribution in [0.15, 0.2) is 59.5 Å². The fourth-order valence-electron chi connectivity index (χ4n) is 2.67. The van der Waals surface area contributed by atoms with Crippen molar-refractivity contribution in [1.82, 2.24) is 9.78 Å². The number of nitrogens with zero attached hydrogens (tertiary/aromatic N) is 2. The van der Waals surface area contributed by atoms with Crippen molar-refractivity contribution in [2.75, 3.05) is 0 Å². The Morgan fingerprint density at radius 1 is 0.875 bits per heavy atom. The van der Waals surface area contributed by atoms with Crippen molar-refractivity contribution in [3.05, 3.63) is 65.3 Å². The van der Waals surface area contributed by atoms with E-state index in [0.717, 1.165) is 24.3 Å². The van der Waals surface area contributed by atoms with Crippen LogP contribution < -0.4 is 5.14 Å². The minimum absolute atomic E-state index is 0.106. The molecule has 14 heteroatoms. The van der Waals surface area contributed by atoms with E-state index in [9.17, 15) is 39.2 Å². The standard InChI is InChI=1S/C18H11ClF7N3O2S/c19-11-3-1-10(2-4-11)14-9-15(16(20,21)17(22,23)18(24,25)26)28-29(14)12-5-7-13(8-6-12)32(27,30)31/h1-9H,(H2,27,30,31). The number of halogens is 8. The first kappa shape index (κ1) is 24.0. The highest BCUT2D eigenvalue weighted by Crippen LogP contribution is 2.52. The monoisotopic (exact) mass is 501 g/mol. The van der Waals surface area contributed by atoms with Gasteiger partial charge in [0, 0.05) is 10.6 Å². The lowest BCUT2D eigenvalue weighted by atomic mass is 10.1. The molecule has 5 nitrogen and oxygen atoms in total. The first-order chi connectivity index (χ1) is 14.6. The lowest BCUT2D eigenvalue weighted by Gasteiger charge is -2.26. The summed E-state index contributed by atoms with van der Waals surface area (Å²) in [6.45, 7) is 0. The molecule has 2 aromatic carbocycles. The lowest BCUT2D eigenvalue weighted by Crippen LogP contribution is -2.50. The van der Waals surface area contributed by atoms with Crippen molar-refractivity contribution in [1.29, 1.82) is 0 Å². The molecule has 0 radical (unpaired) electrons. The van der Waals surface area contributed by atoms with E-state index in [2.05, 4.69) is 5.10 Å². The van der Waals surface area contributed by atoms with E-state index >= 15 is 0 Å². The minimum atomic E-state index is -6.54. The van der Waals surface area contributed by atoms with Gasteiger partial charge in [0.2, 0.25) is 10.0 Å². The molecular weight excluding hydrogens is 491 g/mol. The Hall–Kier alpha value is -2.64. The summed E-state index contributed by atoms with van der Waals surface area (Å²) in [7, 11) is -4.11. The third kappa shape index (κ3) is 4.19. The molecule has 0 atom stereocenters. The Bertz CT molecular complexity index is 1240. The first-order valence-corrected chi connectivity index (χ1v) is 10.3. The Morgan fingerprint density at radius 2 is 1.41 bits per heavy atom. The van der Waals surface area contributed by atoms with Crippen molar-refractivity contribution in [2.24, 2.45) is 5.14 Å². The summed E-state index contributed by atoms with van der Waals surface area (Å²) in [6.07, 6.45) is -6.54. The molecule has 0 unspecified atom stereocenters. The summed E-state index contributed by atoms with van der Waals surface area (Å²) in [5.41, 5.74) is -2.13. The van der Waals surface area contributed by atoms with Gasteiger partial charge in [-0.15, -0.1) is 0 Å². The van der Waals surface area contributed by atoms with Gasteiger partial charge >= 0.3 is 18.0 Å². The van der Waals surface area contributed by atoms with Crippen LogP contribution in [0.4, 0.5) is 30.7 Å². The number of aromatic nitrogens is 2. The predicted octanol–water partition coefficient (Wildman–Crippen LogP) is 5.13. The van der Waals surface area contributed by atoms with Crippen LogP contribution in [-0.4, -0.2) is 30.3 Å². The van der Waals surface area contributed by atoms with Crippen LogP contribution in [0.25, 0.3) is 16.9 Å². The van der Waals surface area contributed by atoms with E-state index in [4.69, 9.17) is 16.7 Å². The second-order valence-electron chi connectivity index (χ2n) is 6.52. The van der Waals surface area contributed by atoms with Crippen LogP contribution in [0.1, 0.15) is 5.69 Å². The highest BCUT2D eigenvalue weighted by atomic mass is 35.5. The van der Waals surface area contributed by atoms with Gasteiger partial charge in [-0.25, -0.2) is 18.2 Å². The van der Waals surface area contributed by atoms with Gasteiger partial charge in [-0.05, 0) is 42.5 Å². The molecule has 0 amide bonds. The molecule has 0 saturated heterocycles. The highest BCUT2D eigenvalue weighted by Gasteiger charge is 2.74. The SMILES string of the molecule is NS(=O)(=O)c1ccc(-n2nc(C(F)(F)C(F)(F)C(F)(F)F)cc2-c2ccc(Cl)cc2)cc1.